The highest BCUT2D eigenvalue weighted by Gasteiger charge is 2.32. The maximum atomic E-state index is 4.79. The van der Waals surface area contributed by atoms with Gasteiger partial charge in [-0.3, -0.25) is 4.99 Å². The van der Waals surface area contributed by atoms with E-state index in [4.69, 9.17) is 4.99 Å². The van der Waals surface area contributed by atoms with E-state index < -0.39 is 0 Å². The standard InChI is InChI=1S/C14H24IN/c1-3-10(2)6-12-8-14(12)16-9-13(15)7-11-4-5-11/h10-13H,3-9H2,1-2H3/b16-14-. The van der Waals surface area contributed by atoms with E-state index in [0.717, 1.165) is 28.2 Å². The number of halogens is 1. The molecular formula is C14H24IN. The molecule has 3 unspecified atom stereocenters. The lowest BCUT2D eigenvalue weighted by molar-refractivity contribution is 0.494. The van der Waals surface area contributed by atoms with E-state index in [1.54, 1.807) is 0 Å². The lowest BCUT2D eigenvalue weighted by atomic mass is 10.0. The number of nitrogens with zero attached hydrogens (tertiary/aromatic N) is 1. The Kier molecular flexibility index (Phi) is 4.68. The van der Waals surface area contributed by atoms with E-state index in [-0.39, 0.29) is 0 Å². The van der Waals surface area contributed by atoms with Crippen LogP contribution >= 0.6 is 22.6 Å². The average Bonchev–Trinajstić information content (AvgIpc) is 3.13. The molecule has 0 aromatic rings. The lowest BCUT2D eigenvalue weighted by Crippen LogP contribution is -2.04. The Morgan fingerprint density at radius 2 is 2.12 bits per heavy atom. The summed E-state index contributed by atoms with van der Waals surface area (Å²) >= 11 is 2.59. The molecule has 0 bridgehead atoms. The normalized spacial score (nSPS) is 30.4. The van der Waals surface area contributed by atoms with Crippen LogP contribution in [0, 0.1) is 17.8 Å². The van der Waals surface area contributed by atoms with E-state index in [9.17, 15) is 0 Å². The highest BCUT2D eigenvalue weighted by molar-refractivity contribution is 14.1. The molecule has 0 aliphatic heterocycles. The van der Waals surface area contributed by atoms with Crippen molar-refractivity contribution in [3.05, 3.63) is 0 Å². The van der Waals surface area contributed by atoms with Crippen molar-refractivity contribution in [2.24, 2.45) is 22.7 Å². The fourth-order valence-corrected chi connectivity index (χ4v) is 3.18. The second-order valence-corrected chi connectivity index (χ2v) is 7.52. The number of hydrogen-bond donors (Lipinski definition) is 0. The lowest BCUT2D eigenvalue weighted by Gasteiger charge is -2.05. The first kappa shape index (κ1) is 12.8. The minimum atomic E-state index is 0.794. The topological polar surface area (TPSA) is 12.4 Å². The highest BCUT2D eigenvalue weighted by atomic mass is 127. The first-order valence-electron chi connectivity index (χ1n) is 6.86. The molecule has 0 heterocycles. The Morgan fingerprint density at radius 3 is 2.75 bits per heavy atom. The molecule has 0 spiro atoms. The van der Waals surface area contributed by atoms with Crippen LogP contribution in [0.25, 0.3) is 0 Å². The minimum absolute atomic E-state index is 0.794. The molecule has 2 aliphatic carbocycles. The molecule has 2 fully saturated rings. The molecule has 0 saturated heterocycles. The molecule has 0 aromatic heterocycles. The molecule has 0 amide bonds. The number of hydrogen-bond acceptors (Lipinski definition) is 1. The summed E-state index contributed by atoms with van der Waals surface area (Å²) in [6.45, 7) is 5.74. The molecular weight excluding hydrogens is 309 g/mol. The second kappa shape index (κ2) is 5.83. The Morgan fingerprint density at radius 1 is 1.38 bits per heavy atom. The smallest absolute Gasteiger partial charge is 0.0506 e. The Hall–Kier alpha value is 0.400. The molecule has 3 atom stereocenters. The van der Waals surface area contributed by atoms with Crippen molar-refractivity contribution in [1.29, 1.82) is 0 Å². The predicted molar refractivity (Wildman–Crippen MR) is 79.6 cm³/mol. The molecule has 92 valence electrons. The maximum Gasteiger partial charge on any atom is 0.0506 e. The van der Waals surface area contributed by atoms with Crippen LogP contribution in [0.2, 0.25) is 0 Å². The van der Waals surface area contributed by atoms with Crippen LogP contribution in [-0.4, -0.2) is 16.2 Å². The van der Waals surface area contributed by atoms with Gasteiger partial charge in [0.05, 0.1) is 6.54 Å². The van der Waals surface area contributed by atoms with Crippen LogP contribution in [-0.2, 0) is 0 Å². The van der Waals surface area contributed by atoms with E-state index in [1.807, 2.05) is 0 Å². The van der Waals surface area contributed by atoms with Crippen molar-refractivity contribution in [3.63, 3.8) is 0 Å². The molecule has 2 rings (SSSR count). The van der Waals surface area contributed by atoms with Gasteiger partial charge >= 0.3 is 0 Å². The Balaban J connectivity index is 1.61. The quantitative estimate of drug-likeness (QED) is 0.481. The third kappa shape index (κ3) is 4.34. The molecule has 2 aliphatic rings. The van der Waals surface area contributed by atoms with Crippen LogP contribution in [0.4, 0.5) is 0 Å². The summed E-state index contributed by atoms with van der Waals surface area (Å²) in [7, 11) is 0. The third-order valence-electron chi connectivity index (χ3n) is 3.93. The largest absolute Gasteiger partial charge is 0.293 e. The van der Waals surface area contributed by atoms with E-state index in [1.165, 1.54) is 44.2 Å². The van der Waals surface area contributed by atoms with Gasteiger partial charge in [-0.1, -0.05) is 55.7 Å². The SMILES string of the molecule is CCC(C)CC1C/C1=N/CC(I)CC1CC1. The molecule has 0 aromatic carbocycles. The number of rotatable bonds is 7. The Labute approximate surface area is 114 Å². The van der Waals surface area contributed by atoms with Gasteiger partial charge < -0.3 is 0 Å². The molecule has 1 nitrogen and oxygen atoms in total. The van der Waals surface area contributed by atoms with Crippen molar-refractivity contribution in [2.45, 2.75) is 56.3 Å². The maximum absolute atomic E-state index is 4.79. The third-order valence-corrected chi connectivity index (χ3v) is 4.83. The monoisotopic (exact) mass is 333 g/mol. The molecule has 0 N–H and O–H groups in total. The summed E-state index contributed by atoms with van der Waals surface area (Å²) in [5.74, 6) is 2.80. The fourth-order valence-electron chi connectivity index (χ4n) is 2.27. The summed E-state index contributed by atoms with van der Waals surface area (Å²) in [5, 5.41) is 0. The van der Waals surface area contributed by atoms with Gasteiger partial charge in [0.1, 0.15) is 0 Å². The number of aliphatic imine (C=N–C) groups is 1. The molecule has 2 saturated carbocycles. The fraction of sp³-hybridized carbons (Fsp3) is 0.929. The van der Waals surface area contributed by atoms with Gasteiger partial charge in [0.15, 0.2) is 0 Å². The summed E-state index contributed by atoms with van der Waals surface area (Å²) in [4.78, 5) is 4.79. The molecule has 2 heteroatoms. The van der Waals surface area contributed by atoms with Crippen LogP contribution in [0.3, 0.4) is 0 Å². The van der Waals surface area contributed by atoms with Gasteiger partial charge in [-0.15, -0.1) is 0 Å². The van der Waals surface area contributed by atoms with Crippen LogP contribution in [0.15, 0.2) is 4.99 Å². The van der Waals surface area contributed by atoms with Gasteiger partial charge in [0, 0.05) is 15.6 Å². The zero-order valence-electron chi connectivity index (χ0n) is 10.6. The summed E-state index contributed by atoms with van der Waals surface area (Å²) < 4.78 is 0.794. The zero-order valence-corrected chi connectivity index (χ0v) is 12.7. The number of alkyl halides is 1. The first-order valence-corrected chi connectivity index (χ1v) is 8.10. The van der Waals surface area contributed by atoms with Crippen molar-refractivity contribution < 1.29 is 0 Å². The summed E-state index contributed by atoms with van der Waals surface area (Å²) in [6, 6.07) is 0. The van der Waals surface area contributed by atoms with Gasteiger partial charge in [0.2, 0.25) is 0 Å². The predicted octanol–water partition coefficient (Wildman–Crippen LogP) is 4.49. The second-order valence-electron chi connectivity index (χ2n) is 5.76. The van der Waals surface area contributed by atoms with Gasteiger partial charge in [0.25, 0.3) is 0 Å². The van der Waals surface area contributed by atoms with Gasteiger partial charge in [-0.05, 0) is 31.1 Å². The van der Waals surface area contributed by atoms with E-state index >= 15 is 0 Å². The highest BCUT2D eigenvalue weighted by Crippen LogP contribution is 2.36. The van der Waals surface area contributed by atoms with E-state index in [0.29, 0.717) is 0 Å². The average molecular weight is 333 g/mol. The van der Waals surface area contributed by atoms with Gasteiger partial charge in [-0.2, -0.15) is 0 Å². The van der Waals surface area contributed by atoms with Crippen LogP contribution in [0.1, 0.15) is 52.4 Å². The molecule has 0 radical (unpaired) electrons. The molecule has 16 heavy (non-hydrogen) atoms. The van der Waals surface area contributed by atoms with Crippen molar-refractivity contribution >= 4 is 28.3 Å². The van der Waals surface area contributed by atoms with Crippen LogP contribution < -0.4 is 0 Å². The van der Waals surface area contributed by atoms with E-state index in [2.05, 4.69) is 36.4 Å². The Bertz CT molecular complexity index is 257. The zero-order chi connectivity index (χ0) is 11.5. The van der Waals surface area contributed by atoms with Crippen molar-refractivity contribution in [3.8, 4) is 0 Å². The van der Waals surface area contributed by atoms with Gasteiger partial charge in [-0.25, -0.2) is 0 Å². The first-order chi connectivity index (χ1) is 7.69. The minimum Gasteiger partial charge on any atom is -0.293 e. The van der Waals surface area contributed by atoms with Crippen molar-refractivity contribution in [1.82, 2.24) is 0 Å². The summed E-state index contributed by atoms with van der Waals surface area (Å²) in [6.07, 6.45) is 8.37. The summed E-state index contributed by atoms with van der Waals surface area (Å²) in [5.41, 5.74) is 1.53. The van der Waals surface area contributed by atoms with Crippen LogP contribution in [0.5, 0.6) is 0 Å². The van der Waals surface area contributed by atoms with Crippen molar-refractivity contribution in [2.75, 3.05) is 6.54 Å².